The van der Waals surface area contributed by atoms with Gasteiger partial charge in [-0.05, 0) is 61.5 Å². The molecule has 2 atom stereocenters. The molecule has 2 unspecified atom stereocenters. The van der Waals surface area contributed by atoms with Crippen molar-refractivity contribution in [3.8, 4) is 0 Å². The van der Waals surface area contributed by atoms with E-state index < -0.39 is 0 Å². The molecule has 0 N–H and O–H groups in total. The molecule has 1 aromatic carbocycles. The molecule has 2 aromatic rings. The van der Waals surface area contributed by atoms with Gasteiger partial charge in [-0.25, -0.2) is 4.98 Å². The molecule has 1 amide bonds. The van der Waals surface area contributed by atoms with Crippen LogP contribution in [0.2, 0.25) is 0 Å². The van der Waals surface area contributed by atoms with Crippen LogP contribution in [0.5, 0.6) is 0 Å². The number of aromatic nitrogens is 2. The number of amides is 1. The fraction of sp³-hybridized carbons (Fsp3) is 0.640. The van der Waals surface area contributed by atoms with Crippen LogP contribution in [0.1, 0.15) is 59.3 Å². The molecule has 1 aliphatic carbocycles. The molecule has 0 radical (unpaired) electrons. The number of anilines is 1. The molecule has 166 valence electrons. The van der Waals surface area contributed by atoms with Gasteiger partial charge in [-0.3, -0.25) is 14.2 Å². The lowest BCUT2D eigenvalue weighted by Crippen LogP contribution is -2.42. The van der Waals surface area contributed by atoms with Crippen molar-refractivity contribution in [2.45, 2.75) is 71.9 Å². The highest BCUT2D eigenvalue weighted by Gasteiger charge is 2.50. The molecular formula is C25H34N4O2. The van der Waals surface area contributed by atoms with Gasteiger partial charge in [0.15, 0.2) is 5.82 Å². The monoisotopic (exact) mass is 422 g/mol. The summed E-state index contributed by atoms with van der Waals surface area (Å²) in [5.74, 6) is 0.564. The smallest absolute Gasteiger partial charge is 0.294 e. The van der Waals surface area contributed by atoms with Crippen LogP contribution in [0.4, 0.5) is 5.82 Å². The predicted octanol–water partition coefficient (Wildman–Crippen LogP) is 3.81. The first-order valence-corrected chi connectivity index (χ1v) is 11.8. The van der Waals surface area contributed by atoms with Crippen LogP contribution in [0.3, 0.4) is 0 Å². The Morgan fingerprint density at radius 2 is 1.84 bits per heavy atom. The molecule has 5 rings (SSSR count). The highest BCUT2D eigenvalue weighted by Crippen LogP contribution is 2.52. The zero-order valence-corrected chi connectivity index (χ0v) is 19.1. The van der Waals surface area contributed by atoms with E-state index in [9.17, 15) is 9.59 Å². The predicted molar refractivity (Wildman–Crippen MR) is 123 cm³/mol. The Hall–Kier alpha value is -2.37. The normalized spacial score (nSPS) is 27.6. The SMILES string of the molecule is CC1(C)CC2CC(C)(CN2c2nc3ccccc3n(CC(=O)N3CCCCC3)c2=O)C1. The number of fused-ring (bicyclic) bond motifs is 3. The summed E-state index contributed by atoms with van der Waals surface area (Å²) in [5, 5.41) is 0. The van der Waals surface area contributed by atoms with Crippen LogP contribution in [0.15, 0.2) is 29.1 Å². The molecular weight excluding hydrogens is 388 g/mol. The Bertz CT molecular complexity index is 1070. The summed E-state index contributed by atoms with van der Waals surface area (Å²) < 4.78 is 1.67. The van der Waals surface area contributed by atoms with Gasteiger partial charge >= 0.3 is 0 Å². The van der Waals surface area contributed by atoms with E-state index in [1.165, 1.54) is 12.8 Å². The van der Waals surface area contributed by atoms with Crippen molar-refractivity contribution in [3.63, 3.8) is 0 Å². The van der Waals surface area contributed by atoms with Gasteiger partial charge in [0.1, 0.15) is 6.54 Å². The molecule has 6 heteroatoms. The fourth-order valence-electron chi connectivity index (χ4n) is 6.61. The van der Waals surface area contributed by atoms with Gasteiger partial charge < -0.3 is 9.80 Å². The van der Waals surface area contributed by atoms with Crippen molar-refractivity contribution >= 4 is 22.8 Å². The average molecular weight is 423 g/mol. The van der Waals surface area contributed by atoms with Crippen LogP contribution in [-0.2, 0) is 11.3 Å². The van der Waals surface area contributed by atoms with Gasteiger partial charge in [0.2, 0.25) is 5.91 Å². The van der Waals surface area contributed by atoms with E-state index in [4.69, 9.17) is 4.98 Å². The van der Waals surface area contributed by atoms with Crippen LogP contribution in [0.25, 0.3) is 11.0 Å². The maximum atomic E-state index is 13.7. The standard InChI is InChI=1S/C25H34N4O2/c1-24(2)13-18-14-25(3,16-24)17-29(18)22-23(31)28(20-10-6-5-9-19(20)26-22)15-21(30)27-11-7-4-8-12-27/h5-6,9-10,18H,4,7-8,11-17H2,1-3H3. The lowest BCUT2D eigenvalue weighted by Gasteiger charge is -2.39. The Balaban J connectivity index is 1.55. The van der Waals surface area contributed by atoms with Crippen molar-refractivity contribution in [1.29, 1.82) is 0 Å². The molecule has 2 saturated heterocycles. The van der Waals surface area contributed by atoms with E-state index in [-0.39, 0.29) is 28.8 Å². The molecule has 3 fully saturated rings. The number of rotatable bonds is 3. The minimum atomic E-state index is -0.127. The van der Waals surface area contributed by atoms with E-state index in [0.29, 0.717) is 11.9 Å². The van der Waals surface area contributed by atoms with Crippen molar-refractivity contribution in [2.75, 3.05) is 24.5 Å². The largest absolute Gasteiger partial charge is 0.348 e. The fourth-order valence-corrected chi connectivity index (χ4v) is 6.61. The number of para-hydroxylation sites is 2. The molecule has 1 saturated carbocycles. The van der Waals surface area contributed by atoms with Crippen molar-refractivity contribution in [1.82, 2.24) is 14.5 Å². The third-order valence-electron chi connectivity index (χ3n) is 7.52. The van der Waals surface area contributed by atoms with Crippen LogP contribution in [0, 0.1) is 10.8 Å². The van der Waals surface area contributed by atoms with E-state index in [2.05, 4.69) is 25.7 Å². The van der Waals surface area contributed by atoms with Gasteiger partial charge in [0.05, 0.1) is 11.0 Å². The second-order valence-corrected chi connectivity index (χ2v) is 11.1. The van der Waals surface area contributed by atoms with E-state index in [1.54, 1.807) is 4.57 Å². The molecule has 1 aromatic heterocycles. The molecule has 2 bridgehead atoms. The first-order valence-electron chi connectivity index (χ1n) is 11.8. The molecule has 3 heterocycles. The maximum Gasteiger partial charge on any atom is 0.294 e. The third kappa shape index (κ3) is 3.74. The number of nitrogens with zero attached hydrogens (tertiary/aromatic N) is 4. The number of likely N-dealkylation sites (tertiary alicyclic amines) is 1. The highest BCUT2D eigenvalue weighted by molar-refractivity contribution is 5.81. The summed E-state index contributed by atoms with van der Waals surface area (Å²) >= 11 is 0. The summed E-state index contributed by atoms with van der Waals surface area (Å²) in [5.41, 5.74) is 1.88. The van der Waals surface area contributed by atoms with E-state index in [0.717, 1.165) is 56.4 Å². The number of piperidine rings is 1. The number of carbonyl (C=O) groups is 1. The van der Waals surface area contributed by atoms with Crippen LogP contribution in [-0.4, -0.2) is 46.0 Å². The highest BCUT2D eigenvalue weighted by atomic mass is 16.2. The molecule has 2 aliphatic heterocycles. The summed E-state index contributed by atoms with van der Waals surface area (Å²) in [6.45, 7) is 9.57. The minimum absolute atomic E-state index is 0.0392. The summed E-state index contributed by atoms with van der Waals surface area (Å²) in [7, 11) is 0. The van der Waals surface area contributed by atoms with Gasteiger partial charge in [0, 0.05) is 25.7 Å². The zero-order chi connectivity index (χ0) is 21.8. The second-order valence-electron chi connectivity index (χ2n) is 11.1. The van der Waals surface area contributed by atoms with Crippen molar-refractivity contribution in [3.05, 3.63) is 34.6 Å². The summed E-state index contributed by atoms with van der Waals surface area (Å²) in [6.07, 6.45) is 6.62. The molecule has 3 aliphatic rings. The van der Waals surface area contributed by atoms with Gasteiger partial charge in [-0.15, -0.1) is 0 Å². The quantitative estimate of drug-likeness (QED) is 0.755. The summed E-state index contributed by atoms with van der Waals surface area (Å²) in [4.78, 5) is 35.8. The van der Waals surface area contributed by atoms with Crippen molar-refractivity contribution < 1.29 is 4.79 Å². The number of benzene rings is 1. The Labute approximate surface area is 184 Å². The first kappa shape index (κ1) is 20.5. The zero-order valence-electron chi connectivity index (χ0n) is 19.1. The molecule has 31 heavy (non-hydrogen) atoms. The molecule has 0 spiro atoms. The van der Waals surface area contributed by atoms with E-state index >= 15 is 0 Å². The second kappa shape index (κ2) is 7.35. The van der Waals surface area contributed by atoms with E-state index in [1.807, 2.05) is 29.2 Å². The van der Waals surface area contributed by atoms with Crippen LogP contribution >= 0.6 is 0 Å². The number of hydrogen-bond donors (Lipinski definition) is 0. The van der Waals surface area contributed by atoms with Gasteiger partial charge in [-0.1, -0.05) is 32.9 Å². The Morgan fingerprint density at radius 3 is 2.61 bits per heavy atom. The topological polar surface area (TPSA) is 58.4 Å². The van der Waals surface area contributed by atoms with Crippen molar-refractivity contribution in [2.24, 2.45) is 10.8 Å². The maximum absolute atomic E-state index is 13.7. The Kier molecular flexibility index (Phi) is 4.87. The average Bonchev–Trinajstić information content (AvgIpc) is 2.98. The number of carbonyl (C=O) groups excluding carboxylic acids is 1. The van der Waals surface area contributed by atoms with Gasteiger partial charge in [-0.2, -0.15) is 0 Å². The van der Waals surface area contributed by atoms with Crippen LogP contribution < -0.4 is 10.5 Å². The summed E-state index contributed by atoms with van der Waals surface area (Å²) in [6, 6.07) is 8.06. The first-order chi connectivity index (χ1) is 14.7. The Morgan fingerprint density at radius 1 is 1.10 bits per heavy atom. The lowest BCUT2D eigenvalue weighted by molar-refractivity contribution is -0.132. The minimum Gasteiger partial charge on any atom is -0.348 e. The van der Waals surface area contributed by atoms with Gasteiger partial charge in [0.25, 0.3) is 5.56 Å². The molecule has 6 nitrogen and oxygen atoms in total. The third-order valence-corrected chi connectivity index (χ3v) is 7.52. The lowest BCUT2D eigenvalue weighted by atomic mass is 9.65. The number of hydrogen-bond acceptors (Lipinski definition) is 4.